The summed E-state index contributed by atoms with van der Waals surface area (Å²) < 4.78 is 10.7. The van der Waals surface area contributed by atoms with Crippen LogP contribution in [-0.4, -0.2) is 24.2 Å². The second-order valence-corrected chi connectivity index (χ2v) is 3.76. The molecule has 2 unspecified atom stereocenters. The van der Waals surface area contributed by atoms with Gasteiger partial charge in [-0.2, -0.15) is 0 Å². The normalized spacial score (nSPS) is 24.0. The van der Waals surface area contributed by atoms with E-state index in [1.807, 2.05) is 6.92 Å². The standard InChI is InChI=1S/C10H16N2O2/c1-7-5-11-10(14-7)8(2)12-9-3-4-13-6-9/h5,8-9,12H,3-4,6H2,1-2H3. The van der Waals surface area contributed by atoms with Crippen LogP contribution in [0.5, 0.6) is 0 Å². The highest BCUT2D eigenvalue weighted by Crippen LogP contribution is 2.15. The summed E-state index contributed by atoms with van der Waals surface area (Å²) in [4.78, 5) is 4.19. The maximum Gasteiger partial charge on any atom is 0.211 e. The molecule has 0 spiro atoms. The molecule has 1 aromatic heterocycles. The third kappa shape index (κ3) is 2.13. The van der Waals surface area contributed by atoms with Crippen molar-refractivity contribution in [2.75, 3.05) is 13.2 Å². The van der Waals surface area contributed by atoms with Crippen LogP contribution in [0.3, 0.4) is 0 Å². The first-order valence-electron chi connectivity index (χ1n) is 5.02. The summed E-state index contributed by atoms with van der Waals surface area (Å²) in [6, 6.07) is 0.604. The number of hydrogen-bond donors (Lipinski definition) is 1. The molecule has 1 aliphatic rings. The zero-order valence-corrected chi connectivity index (χ0v) is 8.62. The Kier molecular flexibility index (Phi) is 2.84. The largest absolute Gasteiger partial charge is 0.444 e. The molecule has 0 bridgehead atoms. The highest BCUT2D eigenvalue weighted by molar-refractivity contribution is 4.95. The van der Waals surface area contributed by atoms with Crippen LogP contribution >= 0.6 is 0 Å². The van der Waals surface area contributed by atoms with Crippen LogP contribution in [-0.2, 0) is 4.74 Å². The quantitative estimate of drug-likeness (QED) is 0.794. The first kappa shape index (κ1) is 9.68. The van der Waals surface area contributed by atoms with Crippen LogP contribution in [0, 0.1) is 6.92 Å². The van der Waals surface area contributed by atoms with Crippen molar-refractivity contribution in [1.29, 1.82) is 0 Å². The Morgan fingerprint density at radius 2 is 2.50 bits per heavy atom. The van der Waals surface area contributed by atoms with Gasteiger partial charge in [0.2, 0.25) is 5.89 Å². The third-order valence-electron chi connectivity index (χ3n) is 2.42. The molecule has 2 rings (SSSR count). The minimum atomic E-state index is 0.162. The molecule has 4 nitrogen and oxygen atoms in total. The molecule has 14 heavy (non-hydrogen) atoms. The van der Waals surface area contributed by atoms with Crippen molar-refractivity contribution in [2.45, 2.75) is 32.4 Å². The Labute approximate surface area is 83.7 Å². The maximum absolute atomic E-state index is 5.44. The number of hydrogen-bond acceptors (Lipinski definition) is 4. The molecule has 4 heteroatoms. The van der Waals surface area contributed by atoms with E-state index in [9.17, 15) is 0 Å². The van der Waals surface area contributed by atoms with E-state index in [4.69, 9.17) is 9.15 Å². The number of nitrogens with one attached hydrogen (secondary N) is 1. The van der Waals surface area contributed by atoms with Gasteiger partial charge in [-0.3, -0.25) is 0 Å². The van der Waals surface area contributed by atoms with E-state index in [1.165, 1.54) is 0 Å². The maximum atomic E-state index is 5.44. The van der Waals surface area contributed by atoms with Gasteiger partial charge in [0.05, 0.1) is 18.8 Å². The molecule has 78 valence electrons. The Balaban J connectivity index is 1.91. The molecule has 0 amide bonds. The van der Waals surface area contributed by atoms with Crippen LogP contribution in [0.2, 0.25) is 0 Å². The van der Waals surface area contributed by atoms with Crippen molar-refractivity contribution in [2.24, 2.45) is 0 Å². The fourth-order valence-corrected chi connectivity index (χ4v) is 1.66. The number of aromatic nitrogens is 1. The molecule has 0 aromatic carbocycles. The Morgan fingerprint density at radius 1 is 1.64 bits per heavy atom. The monoisotopic (exact) mass is 196 g/mol. The fourth-order valence-electron chi connectivity index (χ4n) is 1.66. The summed E-state index contributed by atoms with van der Waals surface area (Å²) in [5, 5.41) is 3.43. The van der Waals surface area contributed by atoms with Gasteiger partial charge in [0.1, 0.15) is 5.76 Å². The van der Waals surface area contributed by atoms with E-state index in [0.29, 0.717) is 6.04 Å². The predicted molar refractivity (Wildman–Crippen MR) is 52.0 cm³/mol. The van der Waals surface area contributed by atoms with Crippen LogP contribution in [0.1, 0.15) is 31.0 Å². The summed E-state index contributed by atoms with van der Waals surface area (Å²) in [7, 11) is 0. The Bertz CT molecular complexity index is 292. The van der Waals surface area contributed by atoms with E-state index < -0.39 is 0 Å². The van der Waals surface area contributed by atoms with Crippen LogP contribution < -0.4 is 5.32 Å². The number of rotatable bonds is 3. The van der Waals surface area contributed by atoms with Crippen molar-refractivity contribution < 1.29 is 9.15 Å². The first-order valence-corrected chi connectivity index (χ1v) is 5.02. The van der Waals surface area contributed by atoms with Gasteiger partial charge in [-0.25, -0.2) is 4.98 Å². The molecule has 2 heterocycles. The molecular weight excluding hydrogens is 180 g/mol. The van der Waals surface area contributed by atoms with Crippen molar-refractivity contribution in [3.63, 3.8) is 0 Å². The van der Waals surface area contributed by atoms with Crippen molar-refractivity contribution in [1.82, 2.24) is 10.3 Å². The van der Waals surface area contributed by atoms with Gasteiger partial charge in [0.15, 0.2) is 0 Å². The highest BCUT2D eigenvalue weighted by atomic mass is 16.5. The van der Waals surface area contributed by atoms with Crippen molar-refractivity contribution >= 4 is 0 Å². The summed E-state index contributed by atoms with van der Waals surface area (Å²) in [6.45, 7) is 5.62. The lowest BCUT2D eigenvalue weighted by atomic mass is 10.2. The number of ether oxygens (including phenoxy) is 1. The molecule has 1 aliphatic heterocycles. The Morgan fingerprint density at radius 3 is 3.07 bits per heavy atom. The zero-order chi connectivity index (χ0) is 9.97. The third-order valence-corrected chi connectivity index (χ3v) is 2.42. The van der Waals surface area contributed by atoms with Gasteiger partial charge in [-0.15, -0.1) is 0 Å². The molecule has 2 atom stereocenters. The molecule has 1 N–H and O–H groups in total. The average Bonchev–Trinajstić information content (AvgIpc) is 2.75. The van der Waals surface area contributed by atoms with Crippen LogP contribution in [0.15, 0.2) is 10.6 Å². The zero-order valence-electron chi connectivity index (χ0n) is 8.62. The Hall–Kier alpha value is -0.870. The predicted octanol–water partition coefficient (Wildman–Crippen LogP) is 1.42. The minimum Gasteiger partial charge on any atom is -0.444 e. The minimum absolute atomic E-state index is 0.162. The smallest absolute Gasteiger partial charge is 0.211 e. The van der Waals surface area contributed by atoms with Crippen molar-refractivity contribution in [3.05, 3.63) is 17.8 Å². The fraction of sp³-hybridized carbons (Fsp3) is 0.700. The molecule has 0 saturated carbocycles. The molecule has 1 aromatic rings. The van der Waals surface area contributed by atoms with Crippen molar-refractivity contribution in [3.8, 4) is 0 Å². The molecule has 0 radical (unpaired) electrons. The van der Waals surface area contributed by atoms with E-state index in [2.05, 4.69) is 17.2 Å². The van der Waals surface area contributed by atoms with Gasteiger partial charge in [0.25, 0.3) is 0 Å². The lowest BCUT2D eigenvalue weighted by molar-refractivity contribution is 0.187. The van der Waals surface area contributed by atoms with Crippen LogP contribution in [0.4, 0.5) is 0 Å². The SMILES string of the molecule is Cc1cnc(C(C)NC2CCOC2)o1. The number of nitrogens with zero attached hydrogens (tertiary/aromatic N) is 1. The molecule has 1 fully saturated rings. The van der Waals surface area contributed by atoms with Gasteiger partial charge in [-0.1, -0.05) is 0 Å². The van der Waals surface area contributed by atoms with E-state index in [-0.39, 0.29) is 6.04 Å². The summed E-state index contributed by atoms with van der Waals surface area (Å²) >= 11 is 0. The van der Waals surface area contributed by atoms with Gasteiger partial charge >= 0.3 is 0 Å². The number of oxazole rings is 1. The second-order valence-electron chi connectivity index (χ2n) is 3.76. The van der Waals surface area contributed by atoms with Gasteiger partial charge < -0.3 is 14.5 Å². The van der Waals surface area contributed by atoms with E-state index in [1.54, 1.807) is 6.20 Å². The molecular formula is C10H16N2O2. The molecule has 1 saturated heterocycles. The van der Waals surface area contributed by atoms with E-state index >= 15 is 0 Å². The number of aryl methyl sites for hydroxylation is 1. The first-order chi connectivity index (χ1) is 6.75. The highest BCUT2D eigenvalue weighted by Gasteiger charge is 2.20. The molecule has 0 aliphatic carbocycles. The lowest BCUT2D eigenvalue weighted by Gasteiger charge is -2.14. The lowest BCUT2D eigenvalue weighted by Crippen LogP contribution is -2.31. The van der Waals surface area contributed by atoms with Crippen LogP contribution in [0.25, 0.3) is 0 Å². The van der Waals surface area contributed by atoms with Gasteiger partial charge in [0, 0.05) is 12.6 Å². The summed E-state index contributed by atoms with van der Waals surface area (Å²) in [6.07, 6.45) is 2.82. The van der Waals surface area contributed by atoms with Gasteiger partial charge in [-0.05, 0) is 20.3 Å². The topological polar surface area (TPSA) is 47.3 Å². The second kappa shape index (κ2) is 4.11. The van der Waals surface area contributed by atoms with E-state index in [0.717, 1.165) is 31.3 Å². The summed E-state index contributed by atoms with van der Waals surface area (Å²) in [5.41, 5.74) is 0. The summed E-state index contributed by atoms with van der Waals surface area (Å²) in [5.74, 6) is 1.62. The average molecular weight is 196 g/mol.